The molecule has 0 radical (unpaired) electrons. The van der Waals surface area contributed by atoms with Crippen molar-refractivity contribution in [3.63, 3.8) is 0 Å². The summed E-state index contributed by atoms with van der Waals surface area (Å²) in [5, 5.41) is 0. The lowest BCUT2D eigenvalue weighted by molar-refractivity contribution is 0.146. The van der Waals surface area contributed by atoms with Gasteiger partial charge in [0.05, 0.1) is 24.2 Å². The number of hydrogen-bond donors (Lipinski definition) is 0. The van der Waals surface area contributed by atoms with Crippen LogP contribution in [-0.4, -0.2) is 12.1 Å². The molecule has 0 N–H and O–H groups in total. The highest BCUT2D eigenvalue weighted by atomic mass is 35.5. The summed E-state index contributed by atoms with van der Waals surface area (Å²) in [4.78, 5) is 3.90. The molecule has 0 spiro atoms. The van der Waals surface area contributed by atoms with Gasteiger partial charge in [0.2, 0.25) is 5.88 Å². The first-order valence-electron chi connectivity index (χ1n) is 3.98. The Bertz CT molecular complexity index is 331. The van der Waals surface area contributed by atoms with Crippen LogP contribution in [0.5, 0.6) is 5.88 Å². The van der Waals surface area contributed by atoms with E-state index in [9.17, 15) is 8.78 Å². The summed E-state index contributed by atoms with van der Waals surface area (Å²) >= 11 is 5.59. The van der Waals surface area contributed by atoms with Crippen LogP contribution in [0.3, 0.4) is 0 Å². The summed E-state index contributed by atoms with van der Waals surface area (Å²) in [6, 6.07) is 1.36. The van der Waals surface area contributed by atoms with Crippen LogP contribution in [-0.2, 0) is 5.88 Å². The van der Waals surface area contributed by atoms with Gasteiger partial charge < -0.3 is 4.74 Å². The lowest BCUT2D eigenvalue weighted by atomic mass is 10.1. The number of pyridine rings is 1. The normalized spacial score (nSPS) is 10.7. The second-order valence-corrected chi connectivity index (χ2v) is 3.05. The third-order valence-corrected chi connectivity index (χ3v) is 2.12. The van der Waals surface area contributed by atoms with Crippen LogP contribution in [0.15, 0.2) is 6.07 Å². The summed E-state index contributed by atoms with van der Waals surface area (Å²) < 4.78 is 29.7. The van der Waals surface area contributed by atoms with Gasteiger partial charge in [0.25, 0.3) is 6.43 Å². The highest BCUT2D eigenvalue weighted by Crippen LogP contribution is 2.29. The minimum absolute atomic E-state index is 0.0544. The van der Waals surface area contributed by atoms with Crippen LogP contribution in [0.25, 0.3) is 0 Å². The number of ether oxygens (including phenoxy) is 1. The molecule has 0 atom stereocenters. The van der Waals surface area contributed by atoms with Crippen molar-refractivity contribution in [2.45, 2.75) is 19.2 Å². The fourth-order valence-electron chi connectivity index (χ4n) is 1.11. The molecule has 0 bridgehead atoms. The lowest BCUT2D eigenvalue weighted by Crippen LogP contribution is -2.00. The second kappa shape index (κ2) is 4.55. The Labute approximate surface area is 85.9 Å². The van der Waals surface area contributed by atoms with Crippen LogP contribution in [0.2, 0.25) is 0 Å². The number of alkyl halides is 3. The molecule has 2 nitrogen and oxygen atoms in total. The van der Waals surface area contributed by atoms with Gasteiger partial charge >= 0.3 is 0 Å². The van der Waals surface area contributed by atoms with E-state index in [4.69, 9.17) is 16.3 Å². The zero-order chi connectivity index (χ0) is 10.7. The van der Waals surface area contributed by atoms with E-state index < -0.39 is 6.43 Å². The minimum Gasteiger partial charge on any atom is -0.481 e. The Morgan fingerprint density at radius 1 is 1.57 bits per heavy atom. The van der Waals surface area contributed by atoms with Crippen LogP contribution in [0.4, 0.5) is 8.78 Å². The van der Waals surface area contributed by atoms with E-state index in [2.05, 4.69) is 4.98 Å². The average molecular weight is 222 g/mol. The Morgan fingerprint density at radius 3 is 2.64 bits per heavy atom. The quantitative estimate of drug-likeness (QED) is 0.732. The molecule has 1 heterocycles. The third-order valence-electron chi connectivity index (χ3n) is 1.87. The van der Waals surface area contributed by atoms with Crippen LogP contribution in [0.1, 0.15) is 23.2 Å². The first-order valence-corrected chi connectivity index (χ1v) is 4.52. The molecule has 0 aliphatic heterocycles. The first-order chi connectivity index (χ1) is 6.60. The molecule has 5 heteroatoms. The number of halogens is 3. The SMILES string of the molecule is COc1nc(CCl)c(C)cc1C(F)F. The highest BCUT2D eigenvalue weighted by Gasteiger charge is 2.17. The van der Waals surface area contributed by atoms with Crippen molar-refractivity contribution < 1.29 is 13.5 Å². The van der Waals surface area contributed by atoms with Gasteiger partial charge in [-0.1, -0.05) is 0 Å². The number of rotatable bonds is 3. The Morgan fingerprint density at radius 2 is 2.21 bits per heavy atom. The molecule has 0 saturated heterocycles. The fraction of sp³-hybridized carbons (Fsp3) is 0.444. The summed E-state index contributed by atoms with van der Waals surface area (Å²) in [7, 11) is 1.31. The number of aryl methyl sites for hydroxylation is 1. The molecule has 78 valence electrons. The van der Waals surface area contributed by atoms with E-state index >= 15 is 0 Å². The molecule has 0 saturated carbocycles. The third kappa shape index (κ3) is 2.12. The van der Waals surface area contributed by atoms with Gasteiger partial charge in [0.1, 0.15) is 0 Å². The van der Waals surface area contributed by atoms with Crippen LogP contribution >= 0.6 is 11.6 Å². The van der Waals surface area contributed by atoms with Gasteiger partial charge in [-0.3, -0.25) is 0 Å². The van der Waals surface area contributed by atoms with Crippen LogP contribution < -0.4 is 4.74 Å². The second-order valence-electron chi connectivity index (χ2n) is 2.78. The van der Waals surface area contributed by atoms with Gasteiger partial charge in [0.15, 0.2) is 0 Å². The van der Waals surface area contributed by atoms with E-state index in [0.717, 1.165) is 0 Å². The first kappa shape index (κ1) is 11.2. The number of nitrogens with zero attached hydrogens (tertiary/aromatic N) is 1. The van der Waals surface area contributed by atoms with Gasteiger partial charge in [-0.15, -0.1) is 11.6 Å². The maximum atomic E-state index is 12.5. The smallest absolute Gasteiger partial charge is 0.269 e. The van der Waals surface area contributed by atoms with Gasteiger partial charge in [-0.25, -0.2) is 13.8 Å². The van der Waals surface area contributed by atoms with Crippen molar-refractivity contribution >= 4 is 11.6 Å². The molecule has 14 heavy (non-hydrogen) atoms. The molecule has 0 aromatic carbocycles. The van der Waals surface area contributed by atoms with E-state index in [1.807, 2.05) is 0 Å². The van der Waals surface area contributed by atoms with Crippen molar-refractivity contribution in [3.8, 4) is 5.88 Å². The molecular weight excluding hydrogens is 212 g/mol. The predicted octanol–water partition coefficient (Wildman–Crippen LogP) is 3.08. The summed E-state index contributed by atoms with van der Waals surface area (Å²) in [5.74, 6) is 0.132. The molecule has 1 aromatic heterocycles. The standard InChI is InChI=1S/C9H10ClF2NO/c1-5-3-6(8(11)12)9(14-2)13-7(5)4-10/h3,8H,4H2,1-2H3. The van der Waals surface area contributed by atoms with Gasteiger partial charge in [-0.2, -0.15) is 0 Å². The average Bonchev–Trinajstić information content (AvgIpc) is 2.17. The van der Waals surface area contributed by atoms with Crippen molar-refractivity contribution in [2.75, 3.05) is 7.11 Å². The largest absolute Gasteiger partial charge is 0.481 e. The highest BCUT2D eigenvalue weighted by molar-refractivity contribution is 6.17. The van der Waals surface area contributed by atoms with Crippen molar-refractivity contribution in [3.05, 3.63) is 22.9 Å². The van der Waals surface area contributed by atoms with Crippen molar-refractivity contribution in [2.24, 2.45) is 0 Å². The number of aromatic nitrogens is 1. The topological polar surface area (TPSA) is 22.1 Å². The Balaban J connectivity index is 3.24. The zero-order valence-corrected chi connectivity index (χ0v) is 8.61. The lowest BCUT2D eigenvalue weighted by Gasteiger charge is -2.10. The zero-order valence-electron chi connectivity index (χ0n) is 7.85. The van der Waals surface area contributed by atoms with Gasteiger partial charge in [0, 0.05) is 0 Å². The molecule has 0 aliphatic carbocycles. The summed E-state index contributed by atoms with van der Waals surface area (Å²) in [6.07, 6.45) is -2.58. The molecule has 0 amide bonds. The van der Waals surface area contributed by atoms with E-state index in [-0.39, 0.29) is 17.3 Å². The van der Waals surface area contributed by atoms with Gasteiger partial charge in [-0.05, 0) is 18.6 Å². The monoisotopic (exact) mass is 221 g/mol. The number of methoxy groups -OCH3 is 1. The summed E-state index contributed by atoms with van der Waals surface area (Å²) in [6.45, 7) is 1.69. The molecular formula is C9H10ClF2NO. The molecule has 0 fully saturated rings. The summed E-state index contributed by atoms with van der Waals surface area (Å²) in [5.41, 5.74) is 1.02. The predicted molar refractivity (Wildman–Crippen MR) is 50.0 cm³/mol. The molecule has 0 aliphatic rings. The molecule has 1 aromatic rings. The van der Waals surface area contributed by atoms with E-state index in [1.54, 1.807) is 6.92 Å². The maximum absolute atomic E-state index is 12.5. The Kier molecular flexibility index (Phi) is 3.63. The fourth-order valence-corrected chi connectivity index (χ4v) is 1.38. The molecule has 1 rings (SSSR count). The number of hydrogen-bond acceptors (Lipinski definition) is 2. The Hall–Kier alpha value is -0.900. The van der Waals surface area contributed by atoms with Crippen molar-refractivity contribution in [1.82, 2.24) is 4.98 Å². The molecule has 0 unspecified atom stereocenters. The van der Waals surface area contributed by atoms with Crippen molar-refractivity contribution in [1.29, 1.82) is 0 Å². The minimum atomic E-state index is -2.58. The van der Waals surface area contributed by atoms with E-state index in [1.165, 1.54) is 13.2 Å². The van der Waals surface area contributed by atoms with Crippen LogP contribution in [0, 0.1) is 6.92 Å². The van der Waals surface area contributed by atoms with E-state index in [0.29, 0.717) is 11.3 Å². The maximum Gasteiger partial charge on any atom is 0.269 e.